The molecule has 4 N–H and O–H groups in total. The van der Waals surface area contributed by atoms with Crippen molar-refractivity contribution in [3.8, 4) is 0 Å². The van der Waals surface area contributed by atoms with Crippen molar-refractivity contribution in [1.82, 2.24) is 0 Å². The molecule has 0 amide bonds. The first-order valence-electron chi connectivity index (χ1n) is 10.6. The maximum atomic E-state index is 10.6. The second-order valence-electron chi connectivity index (χ2n) is 3.68. The lowest BCUT2D eigenvalue weighted by Gasteiger charge is -2.23. The highest BCUT2D eigenvalue weighted by Crippen LogP contribution is 2.15. The normalized spacial score (nSPS) is 29.0. The van der Waals surface area contributed by atoms with Gasteiger partial charge in [-0.15, -0.1) is 0 Å². The molecule has 0 unspecified atom stereocenters. The van der Waals surface area contributed by atoms with Crippen LogP contribution < -0.4 is 0 Å². The van der Waals surface area contributed by atoms with Gasteiger partial charge in [-0.3, -0.25) is 4.79 Å². The lowest BCUT2D eigenvalue weighted by atomic mass is 9.93. The van der Waals surface area contributed by atoms with Crippen LogP contribution in [0.2, 0.25) is 0 Å². The molecule has 5 nitrogen and oxygen atoms in total. The van der Waals surface area contributed by atoms with Gasteiger partial charge in [0.15, 0.2) is 0 Å². The number of rotatable bonds is 4. The minimum absolute atomic E-state index is 0.701. The minimum atomic E-state index is -3.30. The number of hydrogen-bond donors (Lipinski definition) is 4. The maximum Gasteiger partial charge on any atom is 0.309 e. The Hall–Kier alpha value is -0.650. The van der Waals surface area contributed by atoms with Crippen molar-refractivity contribution in [2.24, 2.45) is 11.8 Å². The summed E-state index contributed by atoms with van der Waals surface area (Å²) in [6.07, 6.45) is 0. The van der Waals surface area contributed by atoms with Gasteiger partial charge >= 0.3 is 5.97 Å². The summed E-state index contributed by atoms with van der Waals surface area (Å²) < 4.78 is 83.5. The summed E-state index contributed by atoms with van der Waals surface area (Å²) in [5.74, 6) is -4.84. The highest BCUT2D eigenvalue weighted by atomic mass is 16.4. The zero-order valence-corrected chi connectivity index (χ0v) is 9.56. The lowest BCUT2D eigenvalue weighted by molar-refractivity contribution is -0.148. The Balaban J connectivity index is 0. The minimum Gasteiger partial charge on any atom is -0.481 e. The van der Waals surface area contributed by atoms with Crippen LogP contribution in [0.4, 0.5) is 0 Å². The summed E-state index contributed by atoms with van der Waals surface area (Å²) in [6.45, 7) is -11.4. The van der Waals surface area contributed by atoms with Gasteiger partial charge in [-0.1, -0.05) is 6.92 Å². The van der Waals surface area contributed by atoms with E-state index in [2.05, 4.69) is 0 Å². The topological polar surface area (TPSA) is 98.0 Å². The molecule has 0 radical (unpaired) electrons. The van der Waals surface area contributed by atoms with Crippen molar-refractivity contribution in [2.45, 2.75) is 52.5 Å². The molecule has 0 aromatic carbocycles. The van der Waals surface area contributed by atoms with Crippen molar-refractivity contribution >= 4 is 5.97 Å². The molecule has 0 aliphatic carbocycles. The van der Waals surface area contributed by atoms with Crippen molar-refractivity contribution in [1.29, 1.82) is 0 Å². The molecule has 0 aromatic heterocycles. The van der Waals surface area contributed by atoms with Gasteiger partial charge in [0.05, 0.1) is 17.1 Å². The zero-order valence-electron chi connectivity index (χ0n) is 21.6. The fraction of sp³-hybridized carbons (Fsp3) is 0.917. The van der Waals surface area contributed by atoms with E-state index in [0.29, 0.717) is 0 Å². The maximum absolute atomic E-state index is 10.6. The highest BCUT2D eigenvalue weighted by Gasteiger charge is 2.28. The molecule has 0 aromatic rings. The number of hydrogen-bond acceptors (Lipinski definition) is 4. The fourth-order valence-corrected chi connectivity index (χ4v) is 0.311. The summed E-state index contributed by atoms with van der Waals surface area (Å²) in [4.78, 5) is 10.6. The Labute approximate surface area is 120 Å². The van der Waals surface area contributed by atoms with E-state index in [4.69, 9.17) is 26.7 Å². The van der Waals surface area contributed by atoms with E-state index < -0.39 is 63.0 Å². The summed E-state index contributed by atoms with van der Waals surface area (Å²) in [6, 6.07) is 0. The van der Waals surface area contributed by atoms with Crippen molar-refractivity contribution in [2.75, 3.05) is 6.61 Å². The summed E-state index contributed by atoms with van der Waals surface area (Å²) in [7, 11) is 0. The fourth-order valence-electron chi connectivity index (χ4n) is 0.311. The molecular formula is C12H26O5. The van der Waals surface area contributed by atoms with Gasteiger partial charge in [0.25, 0.3) is 0 Å². The molecule has 0 saturated heterocycles. The first kappa shape index (κ1) is 5.55. The Morgan fingerprint density at radius 3 is 1.71 bits per heavy atom. The zero-order chi connectivity index (χ0) is 24.4. The molecule has 104 valence electrons. The second-order valence-corrected chi connectivity index (χ2v) is 3.68. The average Bonchev–Trinajstić information content (AvgIpc) is 2.47. The Bertz CT molecular complexity index is 519. The van der Waals surface area contributed by atoms with E-state index in [1.807, 2.05) is 0 Å². The second kappa shape index (κ2) is 6.93. The van der Waals surface area contributed by atoms with Gasteiger partial charge < -0.3 is 20.4 Å². The first-order valence-corrected chi connectivity index (χ1v) is 4.62. The van der Waals surface area contributed by atoms with E-state index in [1.165, 1.54) is 6.92 Å². The van der Waals surface area contributed by atoms with Crippen LogP contribution in [0.25, 0.3) is 0 Å². The Morgan fingerprint density at radius 1 is 1.18 bits per heavy atom. The van der Waals surface area contributed by atoms with Crippen LogP contribution >= 0.6 is 0 Å². The number of aliphatic carboxylic acids is 1. The van der Waals surface area contributed by atoms with Gasteiger partial charge in [0, 0.05) is 29.0 Å². The van der Waals surface area contributed by atoms with Crippen LogP contribution in [0.1, 0.15) is 57.7 Å². The summed E-state index contributed by atoms with van der Waals surface area (Å²) in [5.41, 5.74) is -6.11. The average molecular weight is 262 g/mol. The molecule has 17 heavy (non-hydrogen) atoms. The number of carboxylic acid groups (broad SMARTS) is 1. The molecule has 0 spiro atoms. The quantitative estimate of drug-likeness (QED) is 0.602. The molecule has 0 saturated carbocycles. The predicted octanol–water partition coefficient (Wildman–Crippen LogP) is 0.864. The smallest absolute Gasteiger partial charge is 0.309 e. The Kier molecular flexibility index (Phi) is 2.26. The highest BCUT2D eigenvalue weighted by molar-refractivity contribution is 5.70. The standard InChI is InChI=1S/C6H12O3.C6H14O2/c1-4(5(7)8)6(2,3)9;1-5(4-7)6(2,3)8/h4,9H,1-3H3,(H,7,8);5,7-8H,4H2,1-3H3/t4-;5-/m11/s1/i2*2D3,3D3. The number of aliphatic hydroxyl groups excluding tert-OH is 1. The van der Waals surface area contributed by atoms with Gasteiger partial charge in [-0.05, 0) is 34.3 Å². The summed E-state index contributed by atoms with van der Waals surface area (Å²) >= 11 is 0. The van der Waals surface area contributed by atoms with E-state index in [0.717, 1.165) is 6.92 Å². The molecule has 0 fully saturated rings. The van der Waals surface area contributed by atoms with Crippen molar-refractivity contribution in [3.05, 3.63) is 0 Å². The van der Waals surface area contributed by atoms with Gasteiger partial charge in [0.1, 0.15) is 0 Å². The number of aliphatic hydroxyl groups is 3. The van der Waals surface area contributed by atoms with Gasteiger partial charge in [0.2, 0.25) is 0 Å². The third kappa shape index (κ3) is 9.09. The Morgan fingerprint density at radius 2 is 1.59 bits per heavy atom. The monoisotopic (exact) mass is 262 g/mol. The first-order chi connectivity index (χ1) is 12.3. The van der Waals surface area contributed by atoms with Crippen LogP contribution in [0.3, 0.4) is 0 Å². The van der Waals surface area contributed by atoms with Crippen LogP contribution in [0.5, 0.6) is 0 Å². The largest absolute Gasteiger partial charge is 0.481 e. The van der Waals surface area contributed by atoms with Crippen molar-refractivity contribution in [3.63, 3.8) is 0 Å². The van der Waals surface area contributed by atoms with Crippen LogP contribution in [0.15, 0.2) is 0 Å². The van der Waals surface area contributed by atoms with Crippen molar-refractivity contribution < 1.29 is 41.7 Å². The molecule has 2 atom stereocenters. The number of carbonyl (C=O) groups is 1. The van der Waals surface area contributed by atoms with Crippen LogP contribution in [-0.2, 0) is 4.79 Å². The molecule has 0 aliphatic rings. The molecule has 0 bridgehead atoms. The lowest BCUT2D eigenvalue weighted by Crippen LogP contribution is -2.34. The molecule has 0 heterocycles. The van der Waals surface area contributed by atoms with Gasteiger partial charge in [-0.25, -0.2) is 0 Å². The number of carboxylic acids is 1. The SMILES string of the molecule is [2H]C([2H])([2H])C(O)([C@H](C)C(=O)O)C([2H])([2H])[2H].[2H]C([2H])([2H])C(O)([C@H](C)CO)C([2H])([2H])[2H]. The third-order valence-corrected chi connectivity index (χ3v) is 1.98. The molecule has 5 heteroatoms. The van der Waals surface area contributed by atoms with Crippen LogP contribution in [0, 0.1) is 11.8 Å². The van der Waals surface area contributed by atoms with E-state index in [9.17, 15) is 15.0 Å². The van der Waals surface area contributed by atoms with E-state index in [-0.39, 0.29) is 0 Å². The molecule has 0 aliphatic heterocycles. The van der Waals surface area contributed by atoms with E-state index in [1.54, 1.807) is 0 Å². The third-order valence-electron chi connectivity index (χ3n) is 1.98. The summed E-state index contributed by atoms with van der Waals surface area (Å²) in [5, 5.41) is 36.6. The molecule has 0 rings (SSSR count). The van der Waals surface area contributed by atoms with E-state index >= 15 is 0 Å². The van der Waals surface area contributed by atoms with Crippen LogP contribution in [-0.4, -0.2) is 44.2 Å². The van der Waals surface area contributed by atoms with Gasteiger partial charge in [-0.2, -0.15) is 0 Å². The predicted molar refractivity (Wildman–Crippen MR) is 65.6 cm³/mol. The molecular weight excluding hydrogens is 224 g/mol.